The summed E-state index contributed by atoms with van der Waals surface area (Å²) in [5.41, 5.74) is 6.33. The Labute approximate surface area is 118 Å². The molecule has 1 atom stereocenters. The van der Waals surface area contributed by atoms with Crippen molar-refractivity contribution >= 4 is 11.8 Å². The minimum atomic E-state index is -0.643. The lowest BCUT2D eigenvalue weighted by Crippen LogP contribution is -2.31. The largest absolute Gasteiger partial charge is 0.364 e. The summed E-state index contributed by atoms with van der Waals surface area (Å²) in [6.45, 7) is 4.55. The molecule has 1 amide bonds. The number of primary amides is 1. The van der Waals surface area contributed by atoms with E-state index in [1.807, 2.05) is 13.8 Å². The molecule has 6 nitrogen and oxygen atoms in total. The van der Waals surface area contributed by atoms with E-state index in [9.17, 15) is 9.59 Å². The zero-order valence-corrected chi connectivity index (χ0v) is 11.8. The van der Waals surface area contributed by atoms with Crippen LogP contribution in [0.25, 0.3) is 0 Å². The van der Waals surface area contributed by atoms with Crippen LogP contribution in [0.1, 0.15) is 60.3 Å². The number of piperidine rings is 1. The first-order chi connectivity index (χ1) is 9.50. The fourth-order valence-corrected chi connectivity index (χ4v) is 2.40. The first-order valence-corrected chi connectivity index (χ1v) is 6.80. The molecule has 0 aromatic carbocycles. The third kappa shape index (κ3) is 2.96. The maximum Gasteiger partial charge on any atom is 0.267 e. The van der Waals surface area contributed by atoms with E-state index >= 15 is 0 Å². The zero-order chi connectivity index (χ0) is 14.7. The minimum absolute atomic E-state index is 0.00800. The summed E-state index contributed by atoms with van der Waals surface area (Å²) in [5, 5.41) is 3.33. The van der Waals surface area contributed by atoms with Gasteiger partial charge in [-0.15, -0.1) is 0 Å². The average molecular weight is 276 g/mol. The van der Waals surface area contributed by atoms with Gasteiger partial charge in [0.05, 0.1) is 12.2 Å². The normalized spacial score (nSPS) is 18.6. The molecule has 3 N–H and O–H groups in total. The van der Waals surface area contributed by atoms with Gasteiger partial charge in [0, 0.05) is 6.08 Å². The molecule has 1 fully saturated rings. The Morgan fingerprint density at radius 2 is 2.20 bits per heavy atom. The Hall–Kier alpha value is -1.95. The Balaban J connectivity index is 2.44. The van der Waals surface area contributed by atoms with Crippen LogP contribution in [-0.2, 0) is 0 Å². The number of hydrogen-bond donors (Lipinski definition) is 2. The molecule has 108 valence electrons. The highest BCUT2D eigenvalue weighted by molar-refractivity contribution is 5.99. The molecule has 1 aromatic heterocycles. The molecule has 0 saturated carbocycles. The molecule has 0 spiro atoms. The summed E-state index contributed by atoms with van der Waals surface area (Å²) < 4.78 is 1.33. The Kier molecular flexibility index (Phi) is 4.34. The van der Waals surface area contributed by atoms with Crippen molar-refractivity contribution in [3.05, 3.63) is 29.4 Å². The van der Waals surface area contributed by atoms with E-state index < -0.39 is 5.91 Å². The van der Waals surface area contributed by atoms with Crippen molar-refractivity contribution in [3.63, 3.8) is 0 Å². The smallest absolute Gasteiger partial charge is 0.267 e. The topological polar surface area (TPSA) is 90.0 Å². The lowest BCUT2D eigenvalue weighted by atomic mass is 10.0. The van der Waals surface area contributed by atoms with Gasteiger partial charge in [0.1, 0.15) is 11.5 Å². The fourth-order valence-electron chi connectivity index (χ4n) is 2.40. The number of amides is 1. The van der Waals surface area contributed by atoms with Gasteiger partial charge in [0.15, 0.2) is 0 Å². The van der Waals surface area contributed by atoms with Crippen molar-refractivity contribution in [1.29, 1.82) is 0 Å². The van der Waals surface area contributed by atoms with Gasteiger partial charge in [-0.05, 0) is 33.2 Å². The second-order valence-electron chi connectivity index (χ2n) is 5.26. The number of rotatable bonds is 3. The van der Waals surface area contributed by atoms with Crippen LogP contribution in [0.5, 0.6) is 0 Å². The highest BCUT2D eigenvalue weighted by Gasteiger charge is 2.25. The number of hydrogen-bond acceptors (Lipinski definition) is 4. The molecule has 1 aliphatic rings. The predicted octanol–water partition coefficient (Wildman–Crippen LogP) is 1.40. The number of nitrogens with zero attached hydrogens (tertiary/aromatic N) is 2. The van der Waals surface area contributed by atoms with Crippen LogP contribution in [0.3, 0.4) is 0 Å². The van der Waals surface area contributed by atoms with E-state index in [-0.39, 0.29) is 17.6 Å². The number of nitrogens with two attached hydrogens (primary N) is 1. The van der Waals surface area contributed by atoms with Crippen molar-refractivity contribution < 1.29 is 9.59 Å². The molecule has 0 bridgehead atoms. The number of imidazole rings is 1. The Bertz CT molecular complexity index is 550. The molecule has 6 heteroatoms. The molecule has 20 heavy (non-hydrogen) atoms. The summed E-state index contributed by atoms with van der Waals surface area (Å²) in [6.07, 6.45) is 5.96. The lowest BCUT2D eigenvalue weighted by Gasteiger charge is -2.23. The minimum Gasteiger partial charge on any atom is -0.364 e. The molecule has 0 radical (unpaired) electrons. The molecule has 1 saturated heterocycles. The Morgan fingerprint density at radius 1 is 1.45 bits per heavy atom. The van der Waals surface area contributed by atoms with Gasteiger partial charge in [-0.2, -0.15) is 0 Å². The number of allylic oxidation sites excluding steroid dienone is 2. The number of aromatic nitrogens is 2. The standard InChI is InChI=1S/C14H20N4O2/c1-9(2)7-12(19)18-11(13(15)20)8-17-14(18)10-5-3-4-6-16-10/h7-8,10,16H,3-6H2,1-2H3,(H2,15,20). The first-order valence-electron chi connectivity index (χ1n) is 6.80. The van der Waals surface area contributed by atoms with E-state index in [0.717, 1.165) is 31.4 Å². The maximum atomic E-state index is 12.3. The van der Waals surface area contributed by atoms with Gasteiger partial charge in [0.25, 0.3) is 11.8 Å². The van der Waals surface area contributed by atoms with Gasteiger partial charge in [-0.25, -0.2) is 4.98 Å². The van der Waals surface area contributed by atoms with E-state index in [0.29, 0.717) is 5.82 Å². The monoisotopic (exact) mass is 276 g/mol. The second-order valence-corrected chi connectivity index (χ2v) is 5.26. The average Bonchev–Trinajstić information content (AvgIpc) is 2.83. The van der Waals surface area contributed by atoms with Crippen LogP contribution in [0, 0.1) is 0 Å². The van der Waals surface area contributed by atoms with Gasteiger partial charge < -0.3 is 11.1 Å². The van der Waals surface area contributed by atoms with Gasteiger partial charge in [0.2, 0.25) is 0 Å². The van der Waals surface area contributed by atoms with Crippen LogP contribution in [0.15, 0.2) is 17.8 Å². The van der Waals surface area contributed by atoms with Crippen LogP contribution in [0.2, 0.25) is 0 Å². The third-order valence-corrected chi connectivity index (χ3v) is 3.30. The Morgan fingerprint density at radius 3 is 2.75 bits per heavy atom. The van der Waals surface area contributed by atoms with Crippen LogP contribution in [-0.4, -0.2) is 27.9 Å². The number of nitrogens with one attached hydrogen (secondary N) is 1. The molecule has 1 aliphatic heterocycles. The van der Waals surface area contributed by atoms with Crippen molar-refractivity contribution in [2.24, 2.45) is 5.73 Å². The predicted molar refractivity (Wildman–Crippen MR) is 75.4 cm³/mol. The third-order valence-electron chi connectivity index (χ3n) is 3.30. The summed E-state index contributed by atoms with van der Waals surface area (Å²) in [6, 6.07) is -0.00800. The van der Waals surface area contributed by atoms with E-state index in [1.165, 1.54) is 16.8 Å². The highest BCUT2D eigenvalue weighted by Crippen LogP contribution is 2.23. The number of carbonyl (C=O) groups excluding carboxylic acids is 2. The first kappa shape index (κ1) is 14.5. The second kappa shape index (κ2) is 6.00. The number of carbonyl (C=O) groups is 2. The molecule has 1 unspecified atom stereocenters. The van der Waals surface area contributed by atoms with Crippen LogP contribution < -0.4 is 11.1 Å². The molecular weight excluding hydrogens is 256 g/mol. The van der Waals surface area contributed by atoms with E-state index in [2.05, 4.69) is 10.3 Å². The lowest BCUT2D eigenvalue weighted by molar-refractivity contribution is 0.0922. The maximum absolute atomic E-state index is 12.3. The summed E-state index contributed by atoms with van der Waals surface area (Å²) in [5.74, 6) is -0.352. The quantitative estimate of drug-likeness (QED) is 0.817. The van der Waals surface area contributed by atoms with E-state index in [4.69, 9.17) is 5.73 Å². The molecule has 2 heterocycles. The van der Waals surface area contributed by atoms with Crippen molar-refractivity contribution in [1.82, 2.24) is 14.9 Å². The van der Waals surface area contributed by atoms with Crippen molar-refractivity contribution in [2.75, 3.05) is 6.54 Å². The molecule has 0 aliphatic carbocycles. The van der Waals surface area contributed by atoms with Gasteiger partial charge in [-0.1, -0.05) is 12.0 Å². The van der Waals surface area contributed by atoms with Gasteiger partial charge in [-0.3, -0.25) is 14.2 Å². The highest BCUT2D eigenvalue weighted by atomic mass is 16.2. The fraction of sp³-hybridized carbons (Fsp3) is 0.500. The van der Waals surface area contributed by atoms with Crippen LogP contribution >= 0.6 is 0 Å². The van der Waals surface area contributed by atoms with E-state index in [1.54, 1.807) is 0 Å². The molecule has 2 rings (SSSR count). The van der Waals surface area contributed by atoms with Crippen LogP contribution in [0.4, 0.5) is 0 Å². The molecule has 1 aromatic rings. The zero-order valence-electron chi connectivity index (χ0n) is 11.8. The summed E-state index contributed by atoms with van der Waals surface area (Å²) >= 11 is 0. The SMILES string of the molecule is CC(C)=CC(=O)n1c(C(N)=O)cnc1C1CCCCN1. The summed E-state index contributed by atoms with van der Waals surface area (Å²) in [7, 11) is 0. The summed E-state index contributed by atoms with van der Waals surface area (Å²) in [4.78, 5) is 28.0. The van der Waals surface area contributed by atoms with Crippen molar-refractivity contribution in [2.45, 2.75) is 39.2 Å². The van der Waals surface area contributed by atoms with Gasteiger partial charge >= 0.3 is 0 Å². The van der Waals surface area contributed by atoms with Crippen molar-refractivity contribution in [3.8, 4) is 0 Å². The molecular formula is C14H20N4O2.